The van der Waals surface area contributed by atoms with Crippen molar-refractivity contribution in [1.82, 2.24) is 14.9 Å². The topological polar surface area (TPSA) is 381 Å². The van der Waals surface area contributed by atoms with E-state index >= 15 is 0 Å². The first-order valence-electron chi connectivity index (χ1n) is 21.4. The Morgan fingerprint density at radius 3 is 1.43 bits per heavy atom. The number of Topliss-reactive ketones (excluding diaryl/α,β-unsaturated/α-hetero) is 1. The molecule has 0 spiro atoms. The zero-order valence-corrected chi connectivity index (χ0v) is 38.6. The van der Waals surface area contributed by atoms with Crippen LogP contribution in [-0.2, 0) is 55.9 Å². The number of carboxylic acids is 6. The second-order valence-corrected chi connectivity index (χ2v) is 15.8. The van der Waals surface area contributed by atoms with E-state index in [9.17, 15) is 43.2 Å². The Bertz CT molecular complexity index is 2120. The average Bonchev–Trinajstić information content (AvgIpc) is 3.30. The van der Waals surface area contributed by atoms with E-state index in [1.54, 1.807) is 12.4 Å². The van der Waals surface area contributed by atoms with Crippen LogP contribution in [0.25, 0.3) is 0 Å². The van der Waals surface area contributed by atoms with Gasteiger partial charge in [0.05, 0.1) is 47.0 Å². The predicted octanol–water partition coefficient (Wildman–Crippen LogP) is 2.53. The molecular weight excluding hydrogens is 931 g/mol. The normalized spacial score (nSPS) is 13.2. The molecular formula is C46H57N3O21. The number of ether oxygens (including phenoxy) is 4. The monoisotopic (exact) mass is 987 g/mol. The van der Waals surface area contributed by atoms with E-state index in [0.717, 1.165) is 43.2 Å². The Kier molecular flexibility index (Phi) is 23.8. The molecule has 1 aliphatic heterocycles. The standard InChI is InChI=1S/C34H41N3O7.2C6H8O7/c1-41-29-20-26(21-30(42-2)32(29)43-3)31(38)33(39)37-19-5-4-16-28(37)34(40)44-27(14-6-10-24-12-8-17-35-22-24)15-7-11-25-13-9-18-36-23-25;2*7-3(8)1-6(13,5(11)12)2-4(9)10/h8-9,12-13,17-18,20-23,27-28H,4-7,10-11,14-16,19H2,1-3H3;2*13H,1-2H2,(H,7,8)(H,9,10)(H,11,12)/t28-;;/m1../s1. The lowest BCUT2D eigenvalue weighted by Crippen LogP contribution is -2.51. The minimum Gasteiger partial charge on any atom is -0.493 e. The van der Waals surface area contributed by atoms with Crippen molar-refractivity contribution < 1.29 is 103 Å². The number of piperidine rings is 1. The number of carboxylic acid groups (broad SMARTS) is 6. The molecule has 70 heavy (non-hydrogen) atoms. The second kappa shape index (κ2) is 28.6. The zero-order chi connectivity index (χ0) is 52.6. The molecule has 4 rings (SSSR count). The average molecular weight is 988 g/mol. The van der Waals surface area contributed by atoms with Crippen molar-refractivity contribution in [2.75, 3.05) is 27.9 Å². The van der Waals surface area contributed by atoms with Crippen LogP contribution in [0.5, 0.6) is 17.2 Å². The summed E-state index contributed by atoms with van der Waals surface area (Å²) in [7, 11) is 4.34. The van der Waals surface area contributed by atoms with E-state index in [1.807, 2.05) is 36.7 Å². The highest BCUT2D eigenvalue weighted by molar-refractivity contribution is 6.43. The molecule has 24 heteroatoms. The Morgan fingerprint density at radius 1 is 0.657 bits per heavy atom. The van der Waals surface area contributed by atoms with Gasteiger partial charge in [-0.2, -0.15) is 0 Å². The summed E-state index contributed by atoms with van der Waals surface area (Å²) in [5.41, 5.74) is -3.13. The molecule has 3 heterocycles. The molecule has 0 saturated carbocycles. The lowest BCUT2D eigenvalue weighted by atomic mass is 9.96. The van der Waals surface area contributed by atoms with Gasteiger partial charge in [0, 0.05) is 36.9 Å². The number of ketones is 1. The van der Waals surface area contributed by atoms with Crippen LogP contribution in [0.2, 0.25) is 0 Å². The van der Waals surface area contributed by atoms with Crippen LogP contribution in [0.1, 0.15) is 92.1 Å². The number of nitrogens with zero attached hydrogens (tertiary/aromatic N) is 3. The summed E-state index contributed by atoms with van der Waals surface area (Å²) in [5, 5.41) is 67.6. The van der Waals surface area contributed by atoms with Gasteiger partial charge in [-0.05, 0) is 93.2 Å². The third-order valence-corrected chi connectivity index (χ3v) is 10.4. The van der Waals surface area contributed by atoms with Crippen LogP contribution in [0, 0.1) is 0 Å². The Morgan fingerprint density at radius 2 is 1.09 bits per heavy atom. The first-order chi connectivity index (χ1) is 33.0. The Labute approximate surface area is 400 Å². The van der Waals surface area contributed by atoms with Crippen molar-refractivity contribution in [3.63, 3.8) is 0 Å². The highest BCUT2D eigenvalue weighted by Gasteiger charge is 2.42. The van der Waals surface area contributed by atoms with Crippen LogP contribution in [0.15, 0.2) is 61.2 Å². The number of carbonyl (C=O) groups is 9. The van der Waals surface area contributed by atoms with Crippen molar-refractivity contribution in [3.8, 4) is 17.2 Å². The van der Waals surface area contributed by atoms with Crippen molar-refractivity contribution >= 4 is 53.5 Å². The van der Waals surface area contributed by atoms with Gasteiger partial charge in [0.25, 0.3) is 11.7 Å². The smallest absolute Gasteiger partial charge is 0.336 e. The first kappa shape index (κ1) is 58.4. The molecule has 2 aromatic heterocycles. The summed E-state index contributed by atoms with van der Waals surface area (Å²) in [6, 6.07) is 9.95. The molecule has 382 valence electrons. The number of pyridine rings is 2. The number of hydrogen-bond donors (Lipinski definition) is 8. The second-order valence-electron chi connectivity index (χ2n) is 15.8. The summed E-state index contributed by atoms with van der Waals surface area (Å²) in [4.78, 5) is 111. The molecule has 3 aromatic rings. The molecule has 0 bridgehead atoms. The van der Waals surface area contributed by atoms with Crippen LogP contribution >= 0.6 is 0 Å². The Hall–Kier alpha value is -7.73. The molecule has 8 N–H and O–H groups in total. The third kappa shape index (κ3) is 19.1. The number of hydrogen-bond acceptors (Lipinski definition) is 17. The number of aliphatic carboxylic acids is 6. The van der Waals surface area contributed by atoms with E-state index in [1.165, 1.54) is 38.4 Å². The van der Waals surface area contributed by atoms with Crippen LogP contribution in [0.4, 0.5) is 0 Å². The maximum absolute atomic E-state index is 13.6. The fourth-order valence-corrected chi connectivity index (χ4v) is 6.98. The van der Waals surface area contributed by atoms with Crippen molar-refractivity contribution in [2.24, 2.45) is 0 Å². The fraction of sp³-hybridized carbons (Fsp3) is 0.457. The van der Waals surface area contributed by atoms with Gasteiger partial charge in [0.1, 0.15) is 12.1 Å². The number of aliphatic hydroxyl groups is 2. The van der Waals surface area contributed by atoms with Crippen LogP contribution < -0.4 is 14.2 Å². The zero-order valence-electron chi connectivity index (χ0n) is 38.6. The van der Waals surface area contributed by atoms with Gasteiger partial charge in [-0.1, -0.05) is 12.1 Å². The number of likely N-dealkylation sites (tertiary alicyclic amines) is 1. The van der Waals surface area contributed by atoms with E-state index in [0.29, 0.717) is 38.0 Å². The minimum atomic E-state index is -2.74. The SMILES string of the molecule is COc1cc(C(=O)C(=O)N2CCCC[C@@H]2C(=O)OC(CCCc2cccnc2)CCCc2cccnc2)cc(OC)c1OC.O=C(O)CC(O)(CC(=O)O)C(=O)O.O=C(O)CC(O)(CC(=O)O)C(=O)O. The maximum Gasteiger partial charge on any atom is 0.336 e. The molecule has 1 aromatic carbocycles. The number of amides is 1. The predicted molar refractivity (Wildman–Crippen MR) is 238 cm³/mol. The highest BCUT2D eigenvalue weighted by atomic mass is 16.5. The van der Waals surface area contributed by atoms with Crippen LogP contribution in [-0.4, -0.2) is 160 Å². The molecule has 1 saturated heterocycles. The number of aryl methyl sites for hydroxylation is 2. The quantitative estimate of drug-likeness (QED) is 0.0343. The molecule has 1 atom stereocenters. The van der Waals surface area contributed by atoms with Gasteiger partial charge in [-0.15, -0.1) is 0 Å². The summed E-state index contributed by atoms with van der Waals surface area (Å²) >= 11 is 0. The first-order valence-corrected chi connectivity index (χ1v) is 21.4. The van der Waals surface area contributed by atoms with Crippen molar-refractivity contribution in [3.05, 3.63) is 77.9 Å². The van der Waals surface area contributed by atoms with Gasteiger partial charge >= 0.3 is 41.8 Å². The summed E-state index contributed by atoms with van der Waals surface area (Å²) < 4.78 is 22.2. The number of aromatic nitrogens is 2. The van der Waals surface area contributed by atoms with E-state index < -0.39 is 96.4 Å². The third-order valence-electron chi connectivity index (χ3n) is 10.4. The Balaban J connectivity index is 0.000000527. The molecule has 0 unspecified atom stereocenters. The van der Waals surface area contributed by atoms with Gasteiger partial charge in [-0.3, -0.25) is 38.7 Å². The van der Waals surface area contributed by atoms with Crippen molar-refractivity contribution in [2.45, 2.75) is 107 Å². The van der Waals surface area contributed by atoms with Crippen LogP contribution in [0.3, 0.4) is 0 Å². The van der Waals surface area contributed by atoms with Gasteiger partial charge in [0.15, 0.2) is 22.7 Å². The number of carbonyl (C=O) groups excluding carboxylic acids is 3. The lowest BCUT2D eigenvalue weighted by Gasteiger charge is -2.34. The minimum absolute atomic E-state index is 0.0888. The molecule has 24 nitrogen and oxygen atoms in total. The number of esters is 1. The van der Waals surface area contributed by atoms with Gasteiger partial charge in [0.2, 0.25) is 5.75 Å². The molecule has 0 aliphatic carbocycles. The summed E-state index contributed by atoms with van der Waals surface area (Å²) in [5.74, 6) is -11.2. The molecule has 1 fully saturated rings. The fourth-order valence-electron chi connectivity index (χ4n) is 6.98. The van der Waals surface area contributed by atoms with Gasteiger partial charge < -0.3 is 64.7 Å². The largest absolute Gasteiger partial charge is 0.493 e. The van der Waals surface area contributed by atoms with E-state index in [4.69, 9.17) is 59.8 Å². The number of benzene rings is 1. The summed E-state index contributed by atoms with van der Waals surface area (Å²) in [6.07, 6.45) is 8.82. The molecule has 0 radical (unpaired) electrons. The molecule has 1 amide bonds. The highest BCUT2D eigenvalue weighted by Crippen LogP contribution is 2.38. The number of rotatable bonds is 25. The summed E-state index contributed by atoms with van der Waals surface area (Å²) in [6.45, 7) is 0.293. The van der Waals surface area contributed by atoms with Gasteiger partial charge in [-0.25, -0.2) is 14.4 Å². The van der Waals surface area contributed by atoms with E-state index in [-0.39, 0.29) is 23.2 Å². The number of methoxy groups -OCH3 is 3. The molecule has 1 aliphatic rings. The van der Waals surface area contributed by atoms with E-state index in [2.05, 4.69) is 9.97 Å². The van der Waals surface area contributed by atoms with Crippen molar-refractivity contribution in [1.29, 1.82) is 0 Å². The maximum atomic E-state index is 13.6. The lowest BCUT2D eigenvalue weighted by molar-refractivity contribution is -0.170.